The van der Waals surface area contributed by atoms with Crippen LogP contribution >= 0.6 is 0 Å². The first-order valence-electron chi connectivity index (χ1n) is 6.15. The summed E-state index contributed by atoms with van der Waals surface area (Å²) in [4.78, 5) is 0. The highest BCUT2D eigenvalue weighted by Crippen LogP contribution is 2.30. The number of methoxy groups -OCH3 is 1. The van der Waals surface area contributed by atoms with Gasteiger partial charge in [0.2, 0.25) is 0 Å². The average molecular weight is 215 g/mol. The molecular weight excluding hydrogens is 190 g/mol. The molecule has 90 valence electrons. The fourth-order valence-corrected chi connectivity index (χ4v) is 2.33. The van der Waals surface area contributed by atoms with Crippen molar-refractivity contribution in [2.75, 3.05) is 33.5 Å². The van der Waals surface area contributed by atoms with Gasteiger partial charge in [-0.15, -0.1) is 0 Å². The summed E-state index contributed by atoms with van der Waals surface area (Å²) in [6.45, 7) is 3.46. The number of unbranched alkanes of at least 4 members (excludes halogenated alkanes) is 1. The van der Waals surface area contributed by atoms with E-state index >= 15 is 0 Å². The van der Waals surface area contributed by atoms with Crippen molar-refractivity contribution < 1.29 is 9.47 Å². The Balaban J connectivity index is 1.95. The van der Waals surface area contributed by atoms with Gasteiger partial charge in [0.25, 0.3) is 0 Å². The molecule has 2 atom stereocenters. The molecule has 1 aliphatic rings. The predicted molar refractivity (Wildman–Crippen MR) is 61.8 cm³/mol. The van der Waals surface area contributed by atoms with Crippen molar-refractivity contribution in [3.8, 4) is 0 Å². The third-order valence-corrected chi connectivity index (χ3v) is 3.34. The van der Waals surface area contributed by atoms with E-state index in [0.29, 0.717) is 5.92 Å². The molecule has 0 amide bonds. The minimum atomic E-state index is 0.712. The summed E-state index contributed by atoms with van der Waals surface area (Å²) in [6, 6.07) is 0. The first-order valence-corrected chi connectivity index (χ1v) is 6.15. The maximum atomic E-state index is 5.72. The topological polar surface area (TPSA) is 44.5 Å². The Morgan fingerprint density at radius 3 is 2.60 bits per heavy atom. The van der Waals surface area contributed by atoms with Crippen molar-refractivity contribution in [1.82, 2.24) is 0 Å². The molecule has 0 radical (unpaired) electrons. The molecule has 0 aliphatic heterocycles. The molecule has 0 aromatic carbocycles. The van der Waals surface area contributed by atoms with Crippen molar-refractivity contribution in [3.05, 3.63) is 0 Å². The monoisotopic (exact) mass is 215 g/mol. The zero-order chi connectivity index (χ0) is 10.9. The second-order valence-corrected chi connectivity index (χ2v) is 4.46. The summed E-state index contributed by atoms with van der Waals surface area (Å²) in [5.41, 5.74) is 5.72. The highest BCUT2D eigenvalue weighted by Gasteiger charge is 2.25. The van der Waals surface area contributed by atoms with Crippen LogP contribution in [0.1, 0.15) is 32.1 Å². The molecule has 0 saturated heterocycles. The van der Waals surface area contributed by atoms with Gasteiger partial charge in [-0.2, -0.15) is 0 Å². The Labute approximate surface area is 93.3 Å². The Hall–Kier alpha value is -0.120. The van der Waals surface area contributed by atoms with Gasteiger partial charge in [-0.3, -0.25) is 0 Å². The lowest BCUT2D eigenvalue weighted by Gasteiger charge is -2.17. The number of hydrogen-bond acceptors (Lipinski definition) is 3. The lowest BCUT2D eigenvalue weighted by atomic mass is 9.97. The second kappa shape index (κ2) is 8.08. The van der Waals surface area contributed by atoms with Crippen LogP contribution in [0, 0.1) is 11.8 Å². The van der Waals surface area contributed by atoms with E-state index in [9.17, 15) is 0 Å². The maximum absolute atomic E-state index is 5.72. The van der Waals surface area contributed by atoms with E-state index in [1.165, 1.54) is 19.3 Å². The molecule has 3 nitrogen and oxygen atoms in total. The summed E-state index contributed by atoms with van der Waals surface area (Å²) in [6.07, 6.45) is 6.14. The first-order chi connectivity index (χ1) is 7.38. The Morgan fingerprint density at radius 2 is 1.87 bits per heavy atom. The zero-order valence-corrected chi connectivity index (χ0v) is 9.91. The fourth-order valence-electron chi connectivity index (χ4n) is 2.33. The SMILES string of the molecule is COCCCCOCC1CCCC1CN. The van der Waals surface area contributed by atoms with Crippen LogP contribution in [-0.2, 0) is 9.47 Å². The third kappa shape index (κ3) is 4.96. The molecule has 0 heterocycles. The van der Waals surface area contributed by atoms with Crippen molar-refractivity contribution in [2.24, 2.45) is 17.6 Å². The van der Waals surface area contributed by atoms with Crippen LogP contribution in [0.25, 0.3) is 0 Å². The van der Waals surface area contributed by atoms with Gasteiger partial charge in [-0.05, 0) is 44.1 Å². The van der Waals surface area contributed by atoms with E-state index in [2.05, 4.69) is 0 Å². The smallest absolute Gasteiger partial charge is 0.0497 e. The molecule has 0 bridgehead atoms. The van der Waals surface area contributed by atoms with E-state index < -0.39 is 0 Å². The highest BCUT2D eigenvalue weighted by atomic mass is 16.5. The van der Waals surface area contributed by atoms with Gasteiger partial charge in [0.15, 0.2) is 0 Å². The van der Waals surface area contributed by atoms with E-state index in [4.69, 9.17) is 15.2 Å². The molecular formula is C12H25NO2. The van der Waals surface area contributed by atoms with Crippen molar-refractivity contribution >= 4 is 0 Å². The molecule has 1 fully saturated rings. The Kier molecular flexibility index (Phi) is 6.98. The number of rotatable bonds is 8. The van der Waals surface area contributed by atoms with E-state index in [1.54, 1.807) is 7.11 Å². The van der Waals surface area contributed by atoms with Crippen LogP contribution < -0.4 is 5.73 Å². The molecule has 3 heteroatoms. The molecule has 0 aromatic rings. The largest absolute Gasteiger partial charge is 0.385 e. The van der Waals surface area contributed by atoms with Crippen molar-refractivity contribution in [1.29, 1.82) is 0 Å². The van der Waals surface area contributed by atoms with Gasteiger partial charge in [-0.1, -0.05) is 6.42 Å². The summed E-state index contributed by atoms with van der Waals surface area (Å²) in [7, 11) is 1.74. The lowest BCUT2D eigenvalue weighted by Crippen LogP contribution is -2.22. The maximum Gasteiger partial charge on any atom is 0.0497 e. The molecule has 2 N–H and O–H groups in total. The molecule has 0 aromatic heterocycles. The minimum Gasteiger partial charge on any atom is -0.385 e. The summed E-state index contributed by atoms with van der Waals surface area (Å²) in [5, 5.41) is 0. The highest BCUT2D eigenvalue weighted by molar-refractivity contribution is 4.77. The second-order valence-electron chi connectivity index (χ2n) is 4.46. The summed E-state index contributed by atoms with van der Waals surface area (Å²) >= 11 is 0. The van der Waals surface area contributed by atoms with Gasteiger partial charge < -0.3 is 15.2 Å². The van der Waals surface area contributed by atoms with Crippen molar-refractivity contribution in [3.63, 3.8) is 0 Å². The fraction of sp³-hybridized carbons (Fsp3) is 1.00. The third-order valence-electron chi connectivity index (χ3n) is 3.34. The average Bonchev–Trinajstić information content (AvgIpc) is 2.70. The van der Waals surface area contributed by atoms with Gasteiger partial charge >= 0.3 is 0 Å². The van der Waals surface area contributed by atoms with Gasteiger partial charge in [0.1, 0.15) is 0 Å². The lowest BCUT2D eigenvalue weighted by molar-refractivity contribution is 0.0793. The van der Waals surface area contributed by atoms with Crippen LogP contribution in [0.4, 0.5) is 0 Å². The minimum absolute atomic E-state index is 0.712. The molecule has 1 rings (SSSR count). The Morgan fingerprint density at radius 1 is 1.13 bits per heavy atom. The molecule has 0 spiro atoms. The summed E-state index contributed by atoms with van der Waals surface area (Å²) < 4.78 is 10.7. The van der Waals surface area contributed by atoms with Crippen LogP contribution in [0.5, 0.6) is 0 Å². The molecule has 1 saturated carbocycles. The predicted octanol–water partition coefficient (Wildman–Crippen LogP) is 1.80. The standard InChI is InChI=1S/C12H25NO2/c1-14-7-2-3-8-15-10-12-6-4-5-11(12)9-13/h11-12H,2-10,13H2,1H3. The number of hydrogen-bond donors (Lipinski definition) is 1. The van der Waals surface area contributed by atoms with Crippen LogP contribution in [0.3, 0.4) is 0 Å². The number of nitrogens with two attached hydrogens (primary N) is 1. The quantitative estimate of drug-likeness (QED) is 0.628. The zero-order valence-electron chi connectivity index (χ0n) is 9.91. The first kappa shape index (κ1) is 12.9. The molecule has 2 unspecified atom stereocenters. The van der Waals surface area contributed by atoms with E-state index in [-0.39, 0.29) is 0 Å². The van der Waals surface area contributed by atoms with Gasteiger partial charge in [0, 0.05) is 26.9 Å². The van der Waals surface area contributed by atoms with Crippen LogP contribution in [0.2, 0.25) is 0 Å². The van der Waals surface area contributed by atoms with E-state index in [1.807, 2.05) is 0 Å². The van der Waals surface area contributed by atoms with Gasteiger partial charge in [-0.25, -0.2) is 0 Å². The van der Waals surface area contributed by atoms with Crippen LogP contribution in [0.15, 0.2) is 0 Å². The Bertz CT molecular complexity index is 153. The number of ether oxygens (including phenoxy) is 2. The summed E-state index contributed by atoms with van der Waals surface area (Å²) in [5.74, 6) is 1.43. The molecule has 1 aliphatic carbocycles. The van der Waals surface area contributed by atoms with Gasteiger partial charge in [0.05, 0.1) is 0 Å². The van der Waals surface area contributed by atoms with E-state index in [0.717, 1.165) is 45.1 Å². The van der Waals surface area contributed by atoms with Crippen molar-refractivity contribution in [2.45, 2.75) is 32.1 Å². The normalized spacial score (nSPS) is 26.0. The van der Waals surface area contributed by atoms with Crippen LogP contribution in [-0.4, -0.2) is 33.5 Å². The molecule has 15 heavy (non-hydrogen) atoms.